The molecule has 1 fully saturated rings. The molecule has 1 atom stereocenters. The highest BCUT2D eigenvalue weighted by Gasteiger charge is 2.28. The van der Waals surface area contributed by atoms with Gasteiger partial charge in [0.05, 0.1) is 12.6 Å². The highest BCUT2D eigenvalue weighted by molar-refractivity contribution is 6.30. The molecule has 1 aliphatic rings. The van der Waals surface area contributed by atoms with E-state index < -0.39 is 0 Å². The van der Waals surface area contributed by atoms with Gasteiger partial charge >= 0.3 is 0 Å². The first kappa shape index (κ1) is 22.1. The third-order valence-electron chi connectivity index (χ3n) is 5.49. The topological polar surface area (TPSA) is 55.9 Å². The van der Waals surface area contributed by atoms with Crippen LogP contribution in [0.5, 0.6) is 0 Å². The molecule has 2 aromatic carbocycles. The first-order chi connectivity index (χ1) is 14.3. The summed E-state index contributed by atoms with van der Waals surface area (Å²) in [6.07, 6.45) is 0. The minimum atomic E-state index is -0.274. The van der Waals surface area contributed by atoms with Gasteiger partial charge in [-0.25, -0.2) is 0 Å². The van der Waals surface area contributed by atoms with Crippen LogP contribution in [0.25, 0.3) is 0 Å². The number of piperazine rings is 1. The third-order valence-corrected chi connectivity index (χ3v) is 5.72. The van der Waals surface area contributed by atoms with E-state index in [9.17, 15) is 9.59 Å². The van der Waals surface area contributed by atoms with Crippen LogP contribution in [0.2, 0.25) is 5.02 Å². The zero-order valence-corrected chi connectivity index (χ0v) is 18.5. The summed E-state index contributed by atoms with van der Waals surface area (Å²) in [6.45, 7) is 7.15. The number of hydrogen-bond acceptors (Lipinski definition) is 4. The molecule has 1 saturated heterocycles. The molecule has 160 valence electrons. The molecule has 1 heterocycles. The van der Waals surface area contributed by atoms with Crippen LogP contribution in [-0.4, -0.2) is 67.4 Å². The molecule has 0 aliphatic carbocycles. The normalized spacial score (nSPS) is 15.5. The fraction of sp³-hybridized carbons (Fsp3) is 0.391. The molecule has 0 radical (unpaired) electrons. The Hall–Kier alpha value is -2.57. The minimum Gasteiger partial charge on any atom is -0.369 e. The molecule has 0 aromatic heterocycles. The van der Waals surface area contributed by atoms with E-state index in [4.69, 9.17) is 11.6 Å². The summed E-state index contributed by atoms with van der Waals surface area (Å²) in [5, 5.41) is 3.56. The quantitative estimate of drug-likeness (QED) is 0.767. The first-order valence-electron chi connectivity index (χ1n) is 10.2. The average Bonchev–Trinajstić information content (AvgIpc) is 2.74. The first-order valence-corrected chi connectivity index (χ1v) is 10.6. The fourth-order valence-corrected chi connectivity index (χ4v) is 3.83. The molecule has 0 saturated carbocycles. The van der Waals surface area contributed by atoms with Crippen LogP contribution in [0.1, 0.15) is 12.5 Å². The standard InChI is InChI=1S/C23H29ClN4O2/c1-17-7-9-20(10-8-17)25-22(29)16-26(3)23(30)18(2)27-11-13-28(14-12-27)21-6-4-5-19(24)15-21/h4-10,15,18H,11-14,16H2,1-3H3,(H,25,29)/t18-/m1/s1. The van der Waals surface area contributed by atoms with Gasteiger partial charge in [0, 0.05) is 49.6 Å². The maximum absolute atomic E-state index is 12.8. The summed E-state index contributed by atoms with van der Waals surface area (Å²) < 4.78 is 0. The molecule has 30 heavy (non-hydrogen) atoms. The van der Waals surface area contributed by atoms with Crippen molar-refractivity contribution >= 4 is 34.8 Å². The number of anilines is 2. The van der Waals surface area contributed by atoms with Crippen molar-refractivity contribution in [3.8, 4) is 0 Å². The lowest BCUT2D eigenvalue weighted by Crippen LogP contribution is -2.54. The predicted molar refractivity (Wildman–Crippen MR) is 122 cm³/mol. The highest BCUT2D eigenvalue weighted by atomic mass is 35.5. The smallest absolute Gasteiger partial charge is 0.243 e. The summed E-state index contributed by atoms with van der Waals surface area (Å²) in [5.74, 6) is -0.252. The lowest BCUT2D eigenvalue weighted by molar-refractivity contribution is -0.137. The summed E-state index contributed by atoms with van der Waals surface area (Å²) in [6, 6.07) is 15.2. The van der Waals surface area contributed by atoms with Gasteiger partial charge in [-0.3, -0.25) is 14.5 Å². The molecule has 7 heteroatoms. The molecule has 0 bridgehead atoms. The lowest BCUT2D eigenvalue weighted by Gasteiger charge is -2.39. The third kappa shape index (κ3) is 5.74. The van der Waals surface area contributed by atoms with Gasteiger partial charge in [-0.2, -0.15) is 0 Å². The monoisotopic (exact) mass is 428 g/mol. The second kappa shape index (κ2) is 9.96. The van der Waals surface area contributed by atoms with E-state index in [0.29, 0.717) is 0 Å². The molecule has 0 unspecified atom stereocenters. The number of nitrogens with zero attached hydrogens (tertiary/aromatic N) is 3. The van der Waals surface area contributed by atoms with Crippen LogP contribution in [0.4, 0.5) is 11.4 Å². The van der Waals surface area contributed by atoms with Gasteiger partial charge in [0.2, 0.25) is 11.8 Å². The van der Waals surface area contributed by atoms with E-state index in [2.05, 4.69) is 21.2 Å². The van der Waals surface area contributed by atoms with Gasteiger partial charge < -0.3 is 15.1 Å². The molecular formula is C23H29ClN4O2. The van der Waals surface area contributed by atoms with Gasteiger partial charge in [0.1, 0.15) is 0 Å². The summed E-state index contributed by atoms with van der Waals surface area (Å²) >= 11 is 6.10. The Bertz CT molecular complexity index is 879. The Kier molecular flexibility index (Phi) is 7.34. The number of amides is 2. The Morgan fingerprint density at radius 2 is 1.77 bits per heavy atom. The number of carbonyl (C=O) groups excluding carboxylic acids is 2. The van der Waals surface area contributed by atoms with Crippen LogP contribution in [-0.2, 0) is 9.59 Å². The number of aryl methyl sites for hydroxylation is 1. The zero-order valence-electron chi connectivity index (χ0n) is 17.8. The number of nitrogens with one attached hydrogen (secondary N) is 1. The van der Waals surface area contributed by atoms with Crippen LogP contribution >= 0.6 is 11.6 Å². The van der Waals surface area contributed by atoms with E-state index >= 15 is 0 Å². The van der Waals surface area contributed by atoms with Crippen LogP contribution < -0.4 is 10.2 Å². The molecule has 1 N–H and O–H groups in total. The van der Waals surface area contributed by atoms with E-state index in [1.54, 1.807) is 7.05 Å². The SMILES string of the molecule is Cc1ccc(NC(=O)CN(C)C(=O)[C@@H](C)N2CCN(c3cccc(Cl)c3)CC2)cc1. The maximum atomic E-state index is 12.8. The number of carbonyl (C=O) groups is 2. The zero-order chi connectivity index (χ0) is 21.7. The molecule has 2 amide bonds. The van der Waals surface area contributed by atoms with Crippen LogP contribution in [0, 0.1) is 6.92 Å². The fourth-order valence-electron chi connectivity index (χ4n) is 3.65. The predicted octanol–water partition coefficient (Wildman–Crippen LogP) is 3.26. The van der Waals surface area contributed by atoms with Crippen molar-refractivity contribution in [2.45, 2.75) is 19.9 Å². The van der Waals surface area contributed by atoms with Gasteiger partial charge in [0.15, 0.2) is 0 Å². The van der Waals surface area contributed by atoms with E-state index in [0.717, 1.165) is 48.1 Å². The number of likely N-dealkylation sites (N-methyl/N-ethyl adjacent to an activating group) is 1. The van der Waals surface area contributed by atoms with Crippen LogP contribution in [0.15, 0.2) is 48.5 Å². The van der Waals surface area contributed by atoms with Crippen molar-refractivity contribution in [2.75, 3.05) is 50.0 Å². The molecule has 6 nitrogen and oxygen atoms in total. The molecule has 3 rings (SSSR count). The van der Waals surface area contributed by atoms with Crippen LogP contribution in [0.3, 0.4) is 0 Å². The van der Waals surface area contributed by atoms with Crippen molar-refractivity contribution in [3.05, 3.63) is 59.1 Å². The van der Waals surface area contributed by atoms with Crippen molar-refractivity contribution in [3.63, 3.8) is 0 Å². The van der Waals surface area contributed by atoms with Gasteiger partial charge in [-0.1, -0.05) is 35.4 Å². The lowest BCUT2D eigenvalue weighted by atomic mass is 10.2. The second-order valence-electron chi connectivity index (χ2n) is 7.79. The molecular weight excluding hydrogens is 400 g/mol. The molecule has 1 aliphatic heterocycles. The van der Waals surface area contributed by atoms with Gasteiger partial charge in [0.25, 0.3) is 0 Å². The Labute approximate surface area is 183 Å². The Balaban J connectivity index is 1.48. The Morgan fingerprint density at radius 1 is 1.10 bits per heavy atom. The minimum absolute atomic E-state index is 0.0273. The molecule has 0 spiro atoms. The van der Waals surface area contributed by atoms with E-state index in [1.807, 2.05) is 56.3 Å². The van der Waals surface area contributed by atoms with E-state index in [-0.39, 0.29) is 24.4 Å². The number of hydrogen-bond donors (Lipinski definition) is 1. The average molecular weight is 429 g/mol. The van der Waals surface area contributed by atoms with Crippen molar-refractivity contribution in [1.29, 1.82) is 0 Å². The number of rotatable bonds is 6. The summed E-state index contributed by atoms with van der Waals surface area (Å²) in [5.41, 5.74) is 2.97. The summed E-state index contributed by atoms with van der Waals surface area (Å²) in [7, 11) is 1.68. The summed E-state index contributed by atoms with van der Waals surface area (Å²) in [4.78, 5) is 31.1. The number of halogens is 1. The Morgan fingerprint density at radius 3 is 2.40 bits per heavy atom. The van der Waals surface area contributed by atoms with Crippen molar-refractivity contribution in [2.24, 2.45) is 0 Å². The highest BCUT2D eigenvalue weighted by Crippen LogP contribution is 2.21. The van der Waals surface area contributed by atoms with Gasteiger partial charge in [-0.15, -0.1) is 0 Å². The number of benzene rings is 2. The maximum Gasteiger partial charge on any atom is 0.243 e. The largest absolute Gasteiger partial charge is 0.369 e. The molecule has 2 aromatic rings. The van der Waals surface area contributed by atoms with Crippen molar-refractivity contribution in [1.82, 2.24) is 9.80 Å². The van der Waals surface area contributed by atoms with E-state index in [1.165, 1.54) is 4.90 Å². The second-order valence-corrected chi connectivity index (χ2v) is 8.22. The van der Waals surface area contributed by atoms with Gasteiger partial charge in [-0.05, 0) is 44.2 Å². The van der Waals surface area contributed by atoms with Crippen molar-refractivity contribution < 1.29 is 9.59 Å².